The second-order valence-electron chi connectivity index (χ2n) is 9.18. The van der Waals surface area contributed by atoms with Gasteiger partial charge in [-0.25, -0.2) is 8.42 Å². The topological polar surface area (TPSA) is 54.5 Å². The fraction of sp³-hybridized carbons (Fsp3) is 0.667. The van der Waals surface area contributed by atoms with Gasteiger partial charge in [0.2, 0.25) is 10.0 Å². The van der Waals surface area contributed by atoms with Gasteiger partial charge in [0.05, 0.1) is 5.75 Å². The van der Waals surface area contributed by atoms with Crippen molar-refractivity contribution in [2.24, 2.45) is 16.7 Å². The van der Waals surface area contributed by atoms with Gasteiger partial charge in [-0.15, -0.1) is 0 Å². The van der Waals surface area contributed by atoms with Crippen LogP contribution < -0.4 is 0 Å². The molecule has 5 heteroatoms. The molecular formula is C21H29NO3S. The number of sulfonamides is 1. The predicted molar refractivity (Wildman–Crippen MR) is 102 cm³/mol. The number of fused-ring (bicyclic) bond motifs is 2. The lowest BCUT2D eigenvalue weighted by Gasteiger charge is -2.37. The van der Waals surface area contributed by atoms with E-state index < -0.39 is 15.4 Å². The van der Waals surface area contributed by atoms with Crippen molar-refractivity contribution in [3.05, 3.63) is 35.4 Å². The molecule has 0 saturated heterocycles. The molecule has 142 valence electrons. The van der Waals surface area contributed by atoms with Gasteiger partial charge in [-0.05, 0) is 49.5 Å². The highest BCUT2D eigenvalue weighted by Crippen LogP contribution is 2.64. The summed E-state index contributed by atoms with van der Waals surface area (Å²) < 4.78 is 28.5. The number of benzene rings is 1. The van der Waals surface area contributed by atoms with Crippen molar-refractivity contribution in [2.45, 2.75) is 65.5 Å². The summed E-state index contributed by atoms with van der Waals surface area (Å²) in [6.07, 6.45) is 4.13. The Morgan fingerprint density at radius 1 is 1.12 bits per heavy atom. The number of Topliss-reactive ketones (excluding diaryl/α,β-unsaturated/α-hetero) is 1. The van der Waals surface area contributed by atoms with Gasteiger partial charge in [-0.1, -0.05) is 43.7 Å². The minimum Gasteiger partial charge on any atom is -0.299 e. The van der Waals surface area contributed by atoms with Crippen LogP contribution in [0.15, 0.2) is 24.3 Å². The summed E-state index contributed by atoms with van der Waals surface area (Å²) in [5.74, 6) is 0.509. The molecule has 0 heterocycles. The Labute approximate surface area is 157 Å². The summed E-state index contributed by atoms with van der Waals surface area (Å²) in [5.41, 5.74) is 1.29. The molecule has 0 aromatic heterocycles. The second-order valence-corrected chi connectivity index (χ2v) is 11.1. The maximum absolute atomic E-state index is 13.4. The van der Waals surface area contributed by atoms with E-state index in [2.05, 4.69) is 13.8 Å². The van der Waals surface area contributed by atoms with Crippen molar-refractivity contribution in [2.75, 3.05) is 5.75 Å². The van der Waals surface area contributed by atoms with Gasteiger partial charge in [-0.3, -0.25) is 4.79 Å². The lowest BCUT2D eigenvalue weighted by Crippen LogP contribution is -2.47. The summed E-state index contributed by atoms with van der Waals surface area (Å²) in [6.45, 7) is 6.66. The van der Waals surface area contributed by atoms with Crippen molar-refractivity contribution in [3.8, 4) is 0 Å². The molecule has 26 heavy (non-hydrogen) atoms. The number of rotatable bonds is 6. The van der Waals surface area contributed by atoms with Crippen LogP contribution in [0.1, 0.15) is 57.1 Å². The Morgan fingerprint density at radius 3 is 2.27 bits per heavy atom. The average molecular weight is 376 g/mol. The predicted octanol–water partition coefficient (Wildman–Crippen LogP) is 3.68. The number of nitrogens with zero attached hydrogens (tertiary/aromatic N) is 1. The summed E-state index contributed by atoms with van der Waals surface area (Å²) in [7, 11) is -3.49. The minimum atomic E-state index is -3.49. The van der Waals surface area contributed by atoms with Crippen LogP contribution in [0, 0.1) is 23.7 Å². The molecule has 2 unspecified atom stereocenters. The van der Waals surface area contributed by atoms with E-state index in [1.165, 1.54) is 5.56 Å². The normalized spacial score (nSPS) is 30.3. The smallest absolute Gasteiger partial charge is 0.215 e. The Balaban J connectivity index is 1.61. The van der Waals surface area contributed by atoms with Crippen LogP contribution in [-0.2, 0) is 21.4 Å². The summed E-state index contributed by atoms with van der Waals surface area (Å²) >= 11 is 0. The number of aryl methyl sites for hydroxylation is 1. The highest BCUT2D eigenvalue weighted by Gasteiger charge is 2.65. The zero-order valence-electron chi connectivity index (χ0n) is 16.0. The van der Waals surface area contributed by atoms with E-state index in [4.69, 9.17) is 0 Å². The molecule has 0 N–H and O–H groups in total. The first-order valence-corrected chi connectivity index (χ1v) is 11.3. The Hall–Kier alpha value is -1.20. The SMILES string of the molecule is Cc1ccc(CN(C2CC2)S(=O)(=O)CC23CCC(CC2=O)C3(C)C)cc1. The van der Waals surface area contributed by atoms with Gasteiger partial charge < -0.3 is 0 Å². The molecular weight excluding hydrogens is 346 g/mol. The minimum absolute atomic E-state index is 0.00923. The molecule has 3 aliphatic carbocycles. The fourth-order valence-corrected chi connectivity index (χ4v) is 7.67. The lowest BCUT2D eigenvalue weighted by atomic mass is 9.70. The van der Waals surface area contributed by atoms with Crippen molar-refractivity contribution in [1.82, 2.24) is 4.31 Å². The first-order valence-electron chi connectivity index (χ1n) is 9.74. The molecule has 4 nitrogen and oxygen atoms in total. The zero-order valence-corrected chi connectivity index (χ0v) is 16.8. The number of carbonyl (C=O) groups excluding carboxylic acids is 1. The molecule has 3 aliphatic rings. The maximum atomic E-state index is 13.4. The quantitative estimate of drug-likeness (QED) is 0.762. The van der Waals surface area contributed by atoms with Crippen molar-refractivity contribution in [3.63, 3.8) is 0 Å². The molecule has 2 bridgehead atoms. The zero-order chi connectivity index (χ0) is 18.7. The molecule has 2 atom stereocenters. The standard InChI is InChI=1S/C21H29NO3S/c1-15-4-6-16(7-5-15)13-22(18-8-9-18)26(24,25)14-21-11-10-17(12-19(21)23)20(21,2)3/h4-7,17-18H,8-14H2,1-3H3. The van der Waals surface area contributed by atoms with Gasteiger partial charge in [0.15, 0.2) is 0 Å². The van der Waals surface area contributed by atoms with E-state index in [-0.39, 0.29) is 23.0 Å². The highest BCUT2D eigenvalue weighted by molar-refractivity contribution is 7.89. The van der Waals surface area contributed by atoms with Gasteiger partial charge >= 0.3 is 0 Å². The summed E-state index contributed by atoms with van der Waals surface area (Å²) in [4.78, 5) is 12.8. The van der Waals surface area contributed by atoms with E-state index >= 15 is 0 Å². The van der Waals surface area contributed by atoms with Gasteiger partial charge in [0, 0.05) is 24.4 Å². The molecule has 3 fully saturated rings. The largest absolute Gasteiger partial charge is 0.299 e. The van der Waals surface area contributed by atoms with Gasteiger partial charge in [0.25, 0.3) is 0 Å². The van der Waals surface area contributed by atoms with Crippen LogP contribution in [0.3, 0.4) is 0 Å². The van der Waals surface area contributed by atoms with Crippen molar-refractivity contribution in [1.29, 1.82) is 0 Å². The third-order valence-corrected chi connectivity index (χ3v) is 9.34. The van der Waals surface area contributed by atoms with Crippen molar-refractivity contribution >= 4 is 15.8 Å². The molecule has 1 aromatic carbocycles. The first kappa shape index (κ1) is 18.2. The van der Waals surface area contributed by atoms with Crippen molar-refractivity contribution < 1.29 is 13.2 Å². The molecule has 3 saturated carbocycles. The average Bonchev–Trinajstić information content (AvgIpc) is 3.34. The molecule has 1 aromatic rings. The molecule has 0 amide bonds. The summed E-state index contributed by atoms with van der Waals surface area (Å²) in [5, 5.41) is 0. The molecule has 0 radical (unpaired) electrons. The fourth-order valence-electron chi connectivity index (χ4n) is 5.19. The second kappa shape index (κ2) is 5.90. The number of ketones is 1. The molecule has 0 spiro atoms. The monoisotopic (exact) mass is 375 g/mol. The van der Waals surface area contributed by atoms with Crippen LogP contribution in [0.25, 0.3) is 0 Å². The van der Waals surface area contributed by atoms with E-state index in [1.54, 1.807) is 4.31 Å². The number of hydrogen-bond donors (Lipinski definition) is 0. The van der Waals surface area contributed by atoms with Crippen LogP contribution in [-0.4, -0.2) is 30.3 Å². The first-order chi connectivity index (χ1) is 12.2. The van der Waals surface area contributed by atoms with Gasteiger partial charge in [-0.2, -0.15) is 4.31 Å². The van der Waals surface area contributed by atoms with Crippen LogP contribution in [0.5, 0.6) is 0 Å². The maximum Gasteiger partial charge on any atom is 0.215 e. The number of hydrogen-bond acceptors (Lipinski definition) is 3. The third kappa shape index (κ3) is 2.75. The lowest BCUT2D eigenvalue weighted by molar-refractivity contribution is -0.128. The van der Waals surface area contributed by atoms with Crippen LogP contribution in [0.2, 0.25) is 0 Å². The van der Waals surface area contributed by atoms with Crippen LogP contribution >= 0.6 is 0 Å². The van der Waals surface area contributed by atoms with Gasteiger partial charge in [0.1, 0.15) is 5.78 Å². The Bertz CT molecular complexity index is 823. The Kier molecular flexibility index (Phi) is 4.12. The number of carbonyl (C=O) groups is 1. The van der Waals surface area contributed by atoms with Crippen LogP contribution in [0.4, 0.5) is 0 Å². The Morgan fingerprint density at radius 2 is 1.77 bits per heavy atom. The molecule has 0 aliphatic heterocycles. The summed E-state index contributed by atoms with van der Waals surface area (Å²) in [6, 6.07) is 8.17. The van der Waals surface area contributed by atoms with E-state index in [9.17, 15) is 13.2 Å². The van der Waals surface area contributed by atoms with E-state index in [0.29, 0.717) is 18.9 Å². The van der Waals surface area contributed by atoms with E-state index in [0.717, 1.165) is 31.2 Å². The molecule has 4 rings (SSSR count). The third-order valence-electron chi connectivity index (χ3n) is 7.34. The highest BCUT2D eigenvalue weighted by atomic mass is 32.2. The van der Waals surface area contributed by atoms with E-state index in [1.807, 2.05) is 31.2 Å².